The third-order valence-electron chi connectivity index (χ3n) is 4.74. The van der Waals surface area contributed by atoms with Crippen LogP contribution in [0.4, 0.5) is 0 Å². The van der Waals surface area contributed by atoms with Crippen LogP contribution < -0.4 is 24.8 Å². The molecule has 0 unspecified atom stereocenters. The van der Waals surface area contributed by atoms with Gasteiger partial charge in [-0.1, -0.05) is 82.1 Å². The SMILES string of the molecule is CC.CC(C)C1=CC[C-]=C1[SiH](C)C.[Cl-].[Cl-].[Zr+4].[c-]1cccc2c1Cc1ccccc1-2. The van der Waals surface area contributed by atoms with Crippen LogP contribution in [-0.2, 0) is 32.6 Å². The van der Waals surface area contributed by atoms with Gasteiger partial charge in [0.25, 0.3) is 0 Å². The molecule has 4 heteroatoms. The molecule has 0 spiro atoms. The van der Waals surface area contributed by atoms with E-state index in [1.165, 1.54) is 22.3 Å². The third-order valence-corrected chi connectivity index (χ3v) is 6.43. The monoisotopic (exact) mass is 520 g/mol. The van der Waals surface area contributed by atoms with E-state index in [9.17, 15) is 0 Å². The average Bonchev–Trinajstić information content (AvgIpc) is 3.29. The van der Waals surface area contributed by atoms with Crippen LogP contribution in [0.15, 0.2) is 59.3 Å². The smallest absolute Gasteiger partial charge is 1.00 e. The van der Waals surface area contributed by atoms with E-state index in [1.54, 1.807) is 10.8 Å². The van der Waals surface area contributed by atoms with Crippen LogP contribution in [0.1, 0.15) is 45.2 Å². The van der Waals surface area contributed by atoms with E-state index in [0.717, 1.165) is 12.8 Å². The van der Waals surface area contributed by atoms with Gasteiger partial charge in [-0.05, 0) is 6.42 Å². The maximum atomic E-state index is 3.47. The number of fused-ring (bicyclic) bond motifs is 3. The Labute approximate surface area is 211 Å². The molecule has 0 saturated heterocycles. The van der Waals surface area contributed by atoms with E-state index >= 15 is 0 Å². The molecule has 4 rings (SSSR count). The summed E-state index contributed by atoms with van der Waals surface area (Å²) in [5.41, 5.74) is 7.09. The maximum Gasteiger partial charge on any atom is 4.00 e. The molecular formula is C25H32Cl2SiZr. The summed E-state index contributed by atoms with van der Waals surface area (Å²) < 4.78 is 0. The van der Waals surface area contributed by atoms with Gasteiger partial charge in [0.05, 0.1) is 0 Å². The standard InChI is InChI=1S/C13H9.C10H17Si.C2H6.2ClH.Zr/c1-3-7-12-10(5-1)9-11-6-2-4-8-13(11)12;1-8(2)9-6-5-7-10(9)11(3)4;1-2;;;/h1-5,7-8H,9H2;6,8,11H,5H2,1-4H3;1-2H3;2*1H;/q2*-1;;;;+4/p-2. The predicted octanol–water partition coefficient (Wildman–Crippen LogP) is 0.818. The largest absolute Gasteiger partial charge is 4.00 e. The van der Waals surface area contributed by atoms with Gasteiger partial charge in [0.2, 0.25) is 0 Å². The molecule has 0 N–H and O–H groups in total. The molecule has 0 bridgehead atoms. The summed E-state index contributed by atoms with van der Waals surface area (Å²) in [6, 6.07) is 18.1. The first-order chi connectivity index (χ1) is 12.6. The summed E-state index contributed by atoms with van der Waals surface area (Å²) in [7, 11) is -0.600. The number of hydrogen-bond donors (Lipinski definition) is 0. The fraction of sp³-hybridized carbons (Fsp3) is 0.360. The number of allylic oxidation sites excluding steroid dienone is 4. The first-order valence-electron chi connectivity index (χ1n) is 9.97. The molecule has 0 amide bonds. The molecule has 0 aromatic heterocycles. The summed E-state index contributed by atoms with van der Waals surface area (Å²) in [6.07, 6.45) is 7.93. The number of halogens is 2. The van der Waals surface area contributed by atoms with Gasteiger partial charge >= 0.3 is 26.2 Å². The second kappa shape index (κ2) is 15.4. The van der Waals surface area contributed by atoms with E-state index in [0.29, 0.717) is 5.92 Å². The normalized spacial score (nSPS) is 12.4. The molecule has 0 nitrogen and oxygen atoms in total. The molecule has 0 atom stereocenters. The summed E-state index contributed by atoms with van der Waals surface area (Å²) >= 11 is 0. The topological polar surface area (TPSA) is 0 Å². The summed E-state index contributed by atoms with van der Waals surface area (Å²) in [5, 5.41) is 1.58. The van der Waals surface area contributed by atoms with Gasteiger partial charge in [-0.2, -0.15) is 41.5 Å². The molecule has 0 fully saturated rings. The second-order valence-electron chi connectivity index (χ2n) is 7.16. The second-order valence-corrected chi connectivity index (χ2v) is 10.0. The molecule has 2 aliphatic carbocycles. The Hall–Kier alpha value is -0.400. The van der Waals surface area contributed by atoms with Crippen molar-refractivity contribution in [1.29, 1.82) is 0 Å². The summed E-state index contributed by atoms with van der Waals surface area (Å²) in [4.78, 5) is 0. The van der Waals surface area contributed by atoms with Gasteiger partial charge in [-0.3, -0.25) is 6.08 Å². The summed E-state index contributed by atoms with van der Waals surface area (Å²) in [5.74, 6) is 0.704. The molecule has 154 valence electrons. The molecule has 2 aromatic carbocycles. The van der Waals surface area contributed by atoms with Crippen LogP contribution >= 0.6 is 0 Å². The first kappa shape index (κ1) is 30.8. The molecule has 29 heavy (non-hydrogen) atoms. The van der Waals surface area contributed by atoms with Crippen LogP contribution in [0.25, 0.3) is 11.1 Å². The molecule has 0 radical (unpaired) electrons. The van der Waals surface area contributed by atoms with Gasteiger partial charge in [-0.15, -0.1) is 12.0 Å². The Kier molecular flexibility index (Phi) is 16.4. The minimum Gasteiger partial charge on any atom is -1.00 e. The van der Waals surface area contributed by atoms with Gasteiger partial charge in [-0.25, -0.2) is 5.20 Å². The van der Waals surface area contributed by atoms with E-state index in [1.807, 2.05) is 19.9 Å². The number of rotatable bonds is 2. The Morgan fingerprint density at radius 3 is 2.14 bits per heavy atom. The fourth-order valence-electron chi connectivity index (χ4n) is 3.56. The van der Waals surface area contributed by atoms with Crippen LogP contribution in [0.3, 0.4) is 0 Å². The molecule has 0 aliphatic heterocycles. The van der Waals surface area contributed by atoms with Crippen molar-refractivity contribution < 1.29 is 51.0 Å². The van der Waals surface area contributed by atoms with Crippen molar-refractivity contribution in [2.24, 2.45) is 5.92 Å². The van der Waals surface area contributed by atoms with E-state index in [-0.39, 0.29) is 51.0 Å². The van der Waals surface area contributed by atoms with Crippen molar-refractivity contribution in [3.8, 4) is 11.1 Å². The minimum atomic E-state index is -0.600. The zero-order chi connectivity index (χ0) is 19.1. The minimum absolute atomic E-state index is 0. The first-order valence-corrected chi connectivity index (χ1v) is 12.9. The van der Waals surface area contributed by atoms with Crippen molar-refractivity contribution in [3.63, 3.8) is 0 Å². The van der Waals surface area contributed by atoms with E-state index < -0.39 is 8.80 Å². The molecule has 0 heterocycles. The van der Waals surface area contributed by atoms with Crippen molar-refractivity contribution in [2.45, 2.75) is 53.6 Å². The zero-order valence-electron chi connectivity index (χ0n) is 18.4. The Morgan fingerprint density at radius 1 is 0.931 bits per heavy atom. The zero-order valence-corrected chi connectivity index (χ0v) is 23.6. The molecule has 2 aliphatic rings. The van der Waals surface area contributed by atoms with Crippen molar-refractivity contribution >= 4 is 8.80 Å². The average molecular weight is 523 g/mol. The third kappa shape index (κ3) is 7.98. The predicted molar refractivity (Wildman–Crippen MR) is 118 cm³/mol. The van der Waals surface area contributed by atoms with Crippen LogP contribution in [0.2, 0.25) is 13.1 Å². The van der Waals surface area contributed by atoms with Crippen molar-refractivity contribution in [1.82, 2.24) is 0 Å². The van der Waals surface area contributed by atoms with Crippen molar-refractivity contribution in [3.05, 3.63) is 82.6 Å². The van der Waals surface area contributed by atoms with Gasteiger partial charge in [0.15, 0.2) is 0 Å². The Bertz CT molecular complexity index is 729. The van der Waals surface area contributed by atoms with Crippen molar-refractivity contribution in [2.75, 3.05) is 0 Å². The van der Waals surface area contributed by atoms with E-state index in [4.69, 9.17) is 0 Å². The van der Waals surface area contributed by atoms with Crippen LogP contribution in [0, 0.1) is 18.1 Å². The summed E-state index contributed by atoms with van der Waals surface area (Å²) in [6.45, 7) is 13.3. The Morgan fingerprint density at radius 2 is 1.55 bits per heavy atom. The van der Waals surface area contributed by atoms with Crippen LogP contribution in [0.5, 0.6) is 0 Å². The van der Waals surface area contributed by atoms with Gasteiger partial charge < -0.3 is 24.8 Å². The van der Waals surface area contributed by atoms with Gasteiger partial charge in [0, 0.05) is 8.80 Å². The number of hydrogen-bond acceptors (Lipinski definition) is 0. The van der Waals surface area contributed by atoms with Gasteiger partial charge in [0.1, 0.15) is 0 Å². The molecular weight excluding hydrogens is 490 g/mol. The quantitative estimate of drug-likeness (QED) is 0.346. The fourth-order valence-corrected chi connectivity index (χ4v) is 5.21. The maximum absolute atomic E-state index is 3.47. The molecule has 0 saturated carbocycles. The number of benzene rings is 2. The Balaban J connectivity index is 0. The van der Waals surface area contributed by atoms with E-state index in [2.05, 4.69) is 81.6 Å². The molecule has 2 aromatic rings. The van der Waals surface area contributed by atoms with Crippen LogP contribution in [-0.4, -0.2) is 8.80 Å².